The second-order valence-corrected chi connectivity index (χ2v) is 4.71. The summed E-state index contributed by atoms with van der Waals surface area (Å²) in [5.41, 5.74) is 3.49. The molecular weight excluding hydrogens is 266 g/mol. The van der Waals surface area contributed by atoms with Crippen molar-refractivity contribution in [1.29, 1.82) is 0 Å². The standard InChI is InChI=1S/C17H19NO3/c1-20-11-13-3-7-15(8-4-13)17(19)18-16-9-5-14(6-10-16)12-21-2/h3-10H,11-12H2,1-2H3,(H,18,19). The molecule has 2 rings (SSSR count). The molecule has 0 atom stereocenters. The van der Waals surface area contributed by atoms with Gasteiger partial charge in [-0.3, -0.25) is 4.79 Å². The number of ether oxygens (including phenoxy) is 2. The van der Waals surface area contributed by atoms with Gasteiger partial charge in [-0.25, -0.2) is 0 Å². The van der Waals surface area contributed by atoms with Gasteiger partial charge in [-0.15, -0.1) is 0 Å². The largest absolute Gasteiger partial charge is 0.380 e. The Morgan fingerprint density at radius 1 is 0.857 bits per heavy atom. The van der Waals surface area contributed by atoms with Crippen molar-refractivity contribution in [3.05, 3.63) is 65.2 Å². The number of benzene rings is 2. The van der Waals surface area contributed by atoms with E-state index < -0.39 is 0 Å². The highest BCUT2D eigenvalue weighted by atomic mass is 16.5. The van der Waals surface area contributed by atoms with Crippen LogP contribution in [0.4, 0.5) is 5.69 Å². The van der Waals surface area contributed by atoms with Crippen LogP contribution in [-0.4, -0.2) is 20.1 Å². The van der Waals surface area contributed by atoms with Crippen molar-refractivity contribution in [3.8, 4) is 0 Å². The zero-order valence-electron chi connectivity index (χ0n) is 12.3. The minimum atomic E-state index is -0.126. The van der Waals surface area contributed by atoms with Gasteiger partial charge in [0, 0.05) is 25.5 Å². The molecular formula is C17H19NO3. The molecule has 0 saturated carbocycles. The molecule has 0 aliphatic carbocycles. The summed E-state index contributed by atoms with van der Waals surface area (Å²) in [6.45, 7) is 1.11. The number of carbonyl (C=O) groups excluding carboxylic acids is 1. The van der Waals surface area contributed by atoms with E-state index in [1.54, 1.807) is 26.4 Å². The van der Waals surface area contributed by atoms with Crippen LogP contribution in [0.25, 0.3) is 0 Å². The van der Waals surface area contributed by atoms with Crippen LogP contribution < -0.4 is 5.32 Å². The summed E-state index contributed by atoms with van der Waals surface area (Å²) >= 11 is 0. The first-order valence-corrected chi connectivity index (χ1v) is 6.70. The van der Waals surface area contributed by atoms with Crippen molar-refractivity contribution >= 4 is 11.6 Å². The number of amides is 1. The number of anilines is 1. The third-order valence-electron chi connectivity index (χ3n) is 3.05. The number of carbonyl (C=O) groups is 1. The van der Waals surface area contributed by atoms with E-state index in [1.807, 2.05) is 36.4 Å². The summed E-state index contributed by atoms with van der Waals surface area (Å²) < 4.78 is 10.1. The first kappa shape index (κ1) is 15.2. The van der Waals surface area contributed by atoms with Gasteiger partial charge >= 0.3 is 0 Å². The van der Waals surface area contributed by atoms with Gasteiger partial charge in [0.05, 0.1) is 13.2 Å². The first-order chi connectivity index (χ1) is 10.2. The third kappa shape index (κ3) is 4.41. The molecule has 110 valence electrons. The second kappa shape index (κ2) is 7.57. The molecule has 0 saturated heterocycles. The minimum Gasteiger partial charge on any atom is -0.380 e. The van der Waals surface area contributed by atoms with Crippen LogP contribution in [0.5, 0.6) is 0 Å². The monoisotopic (exact) mass is 285 g/mol. The summed E-state index contributed by atoms with van der Waals surface area (Å²) in [5.74, 6) is -0.126. The van der Waals surface area contributed by atoms with Crippen LogP contribution in [0.2, 0.25) is 0 Å². The predicted octanol–water partition coefficient (Wildman–Crippen LogP) is 3.23. The highest BCUT2D eigenvalue weighted by Gasteiger charge is 2.06. The van der Waals surface area contributed by atoms with E-state index in [0.29, 0.717) is 18.8 Å². The Labute approximate surface area is 124 Å². The second-order valence-electron chi connectivity index (χ2n) is 4.71. The first-order valence-electron chi connectivity index (χ1n) is 6.70. The molecule has 0 radical (unpaired) electrons. The third-order valence-corrected chi connectivity index (χ3v) is 3.05. The topological polar surface area (TPSA) is 47.6 Å². The van der Waals surface area contributed by atoms with E-state index in [9.17, 15) is 4.79 Å². The van der Waals surface area contributed by atoms with E-state index in [-0.39, 0.29) is 5.91 Å². The minimum absolute atomic E-state index is 0.126. The zero-order valence-corrected chi connectivity index (χ0v) is 12.3. The molecule has 4 heteroatoms. The summed E-state index contributed by atoms with van der Waals surface area (Å²) in [4.78, 5) is 12.1. The number of methoxy groups -OCH3 is 2. The smallest absolute Gasteiger partial charge is 0.255 e. The average Bonchev–Trinajstić information content (AvgIpc) is 2.50. The molecule has 4 nitrogen and oxygen atoms in total. The fraction of sp³-hybridized carbons (Fsp3) is 0.235. The maximum atomic E-state index is 12.1. The molecule has 2 aromatic rings. The van der Waals surface area contributed by atoms with Crippen molar-refractivity contribution in [2.75, 3.05) is 19.5 Å². The molecule has 0 bridgehead atoms. The van der Waals surface area contributed by atoms with Gasteiger partial charge < -0.3 is 14.8 Å². The van der Waals surface area contributed by atoms with E-state index in [4.69, 9.17) is 9.47 Å². The Kier molecular flexibility index (Phi) is 5.49. The van der Waals surface area contributed by atoms with E-state index >= 15 is 0 Å². The molecule has 1 amide bonds. The Hall–Kier alpha value is -2.17. The Morgan fingerprint density at radius 2 is 1.33 bits per heavy atom. The number of rotatable bonds is 6. The highest BCUT2D eigenvalue weighted by Crippen LogP contribution is 2.13. The lowest BCUT2D eigenvalue weighted by molar-refractivity contribution is 0.102. The van der Waals surface area contributed by atoms with Crippen LogP contribution in [0.15, 0.2) is 48.5 Å². The number of hydrogen-bond acceptors (Lipinski definition) is 3. The molecule has 0 fully saturated rings. The lowest BCUT2D eigenvalue weighted by atomic mass is 10.1. The predicted molar refractivity (Wildman–Crippen MR) is 82.3 cm³/mol. The van der Waals surface area contributed by atoms with Crippen molar-refractivity contribution in [2.24, 2.45) is 0 Å². The maximum absolute atomic E-state index is 12.1. The Balaban J connectivity index is 2.00. The normalized spacial score (nSPS) is 10.4. The molecule has 2 aromatic carbocycles. The lowest BCUT2D eigenvalue weighted by Gasteiger charge is -2.07. The van der Waals surface area contributed by atoms with Gasteiger partial charge in [0.15, 0.2) is 0 Å². The maximum Gasteiger partial charge on any atom is 0.255 e. The van der Waals surface area contributed by atoms with Crippen molar-refractivity contribution in [2.45, 2.75) is 13.2 Å². The quantitative estimate of drug-likeness (QED) is 0.886. The summed E-state index contributed by atoms with van der Waals surface area (Å²) in [5, 5.41) is 2.87. The fourth-order valence-electron chi connectivity index (χ4n) is 1.97. The molecule has 1 N–H and O–H groups in total. The molecule has 0 spiro atoms. The molecule has 0 aromatic heterocycles. The fourth-order valence-corrected chi connectivity index (χ4v) is 1.97. The van der Waals surface area contributed by atoms with Crippen LogP contribution in [0, 0.1) is 0 Å². The average molecular weight is 285 g/mol. The Morgan fingerprint density at radius 3 is 1.81 bits per heavy atom. The van der Waals surface area contributed by atoms with Crippen molar-refractivity contribution in [3.63, 3.8) is 0 Å². The van der Waals surface area contributed by atoms with Crippen LogP contribution in [-0.2, 0) is 22.7 Å². The zero-order chi connectivity index (χ0) is 15.1. The molecule has 0 aliphatic heterocycles. The van der Waals surface area contributed by atoms with Crippen molar-refractivity contribution in [1.82, 2.24) is 0 Å². The van der Waals surface area contributed by atoms with Crippen LogP contribution >= 0.6 is 0 Å². The van der Waals surface area contributed by atoms with Gasteiger partial charge in [0.2, 0.25) is 0 Å². The molecule has 0 heterocycles. The number of nitrogens with one attached hydrogen (secondary N) is 1. The molecule has 21 heavy (non-hydrogen) atoms. The Bertz CT molecular complexity index is 576. The van der Waals surface area contributed by atoms with Crippen LogP contribution in [0.1, 0.15) is 21.5 Å². The van der Waals surface area contributed by atoms with Gasteiger partial charge in [0.1, 0.15) is 0 Å². The van der Waals surface area contributed by atoms with E-state index in [0.717, 1.165) is 16.8 Å². The van der Waals surface area contributed by atoms with Crippen LogP contribution in [0.3, 0.4) is 0 Å². The SMILES string of the molecule is COCc1ccc(NC(=O)c2ccc(COC)cc2)cc1. The van der Waals surface area contributed by atoms with Gasteiger partial charge in [-0.1, -0.05) is 24.3 Å². The molecule has 0 unspecified atom stereocenters. The summed E-state index contributed by atoms with van der Waals surface area (Å²) in [7, 11) is 3.30. The van der Waals surface area contributed by atoms with Crippen molar-refractivity contribution < 1.29 is 14.3 Å². The van der Waals surface area contributed by atoms with E-state index in [2.05, 4.69) is 5.32 Å². The lowest BCUT2D eigenvalue weighted by Crippen LogP contribution is -2.11. The van der Waals surface area contributed by atoms with Gasteiger partial charge in [0.25, 0.3) is 5.91 Å². The molecule has 0 aliphatic rings. The summed E-state index contributed by atoms with van der Waals surface area (Å²) in [6, 6.07) is 15.0. The highest BCUT2D eigenvalue weighted by molar-refractivity contribution is 6.04. The van der Waals surface area contributed by atoms with E-state index in [1.165, 1.54) is 0 Å². The van der Waals surface area contributed by atoms with Gasteiger partial charge in [-0.2, -0.15) is 0 Å². The summed E-state index contributed by atoms with van der Waals surface area (Å²) in [6.07, 6.45) is 0. The number of hydrogen-bond donors (Lipinski definition) is 1. The van der Waals surface area contributed by atoms with Gasteiger partial charge in [-0.05, 0) is 35.4 Å².